The molecule has 1 heterocycles. The molecule has 7 heteroatoms. The van der Waals surface area contributed by atoms with Gasteiger partial charge in [-0.2, -0.15) is 4.40 Å². The lowest BCUT2D eigenvalue weighted by molar-refractivity contribution is 0.442. The number of aromatic nitrogens is 2. The standard InChI is InChI=1S/C18H14N4O2S/c1-2-5-16(6-3-1)23-13-22-25-14-21-15-7-9-17(10-8-15)24-18-19-11-4-12-20-18/h1-14H/b21-14?,22-13+. The first-order chi connectivity index (χ1) is 12.4. The minimum absolute atomic E-state index is 0.307. The van der Waals surface area contributed by atoms with E-state index in [1.807, 2.05) is 42.5 Å². The summed E-state index contributed by atoms with van der Waals surface area (Å²) in [6.07, 6.45) is 4.63. The maximum atomic E-state index is 5.51. The van der Waals surface area contributed by atoms with E-state index in [9.17, 15) is 0 Å². The van der Waals surface area contributed by atoms with Crippen molar-refractivity contribution in [2.75, 3.05) is 0 Å². The van der Waals surface area contributed by atoms with Crippen LogP contribution >= 0.6 is 11.9 Å². The van der Waals surface area contributed by atoms with Crippen molar-refractivity contribution in [2.24, 2.45) is 9.39 Å². The summed E-state index contributed by atoms with van der Waals surface area (Å²) in [5, 5.41) is 0. The van der Waals surface area contributed by atoms with Crippen molar-refractivity contribution >= 4 is 29.6 Å². The molecule has 0 amide bonds. The summed E-state index contributed by atoms with van der Waals surface area (Å²) in [6.45, 7) is 0. The van der Waals surface area contributed by atoms with Gasteiger partial charge < -0.3 is 9.47 Å². The van der Waals surface area contributed by atoms with Crippen molar-refractivity contribution in [1.29, 1.82) is 0 Å². The number of aliphatic imine (C=N–C) groups is 1. The summed E-state index contributed by atoms with van der Waals surface area (Å²) in [6, 6.07) is 18.7. The minimum Gasteiger partial charge on any atom is -0.445 e. The largest absolute Gasteiger partial charge is 0.445 e. The van der Waals surface area contributed by atoms with Crippen molar-refractivity contribution in [2.45, 2.75) is 0 Å². The molecule has 0 aliphatic heterocycles. The Bertz CT molecular complexity index is 825. The monoisotopic (exact) mass is 350 g/mol. The molecule has 3 aromatic rings. The van der Waals surface area contributed by atoms with E-state index in [4.69, 9.17) is 9.47 Å². The van der Waals surface area contributed by atoms with Gasteiger partial charge in [0, 0.05) is 24.3 Å². The van der Waals surface area contributed by atoms with Gasteiger partial charge in [-0.3, -0.25) is 0 Å². The fourth-order valence-electron chi connectivity index (χ4n) is 1.76. The second-order valence-electron chi connectivity index (χ2n) is 4.61. The quantitative estimate of drug-likeness (QED) is 0.351. The van der Waals surface area contributed by atoms with Gasteiger partial charge in [0.1, 0.15) is 11.5 Å². The molecule has 0 saturated carbocycles. The highest BCUT2D eigenvalue weighted by atomic mass is 32.2. The third kappa shape index (κ3) is 5.74. The Balaban J connectivity index is 1.45. The smallest absolute Gasteiger partial charge is 0.321 e. The first kappa shape index (κ1) is 16.7. The molecule has 1 aromatic heterocycles. The van der Waals surface area contributed by atoms with Crippen molar-refractivity contribution < 1.29 is 9.47 Å². The van der Waals surface area contributed by atoms with Crippen LogP contribution in [0.1, 0.15) is 0 Å². The molecule has 2 aromatic carbocycles. The molecule has 0 aliphatic carbocycles. The highest BCUT2D eigenvalue weighted by molar-refractivity contribution is 8.11. The average Bonchev–Trinajstić information content (AvgIpc) is 2.67. The zero-order valence-electron chi connectivity index (χ0n) is 13.1. The van der Waals surface area contributed by atoms with Gasteiger partial charge in [0.15, 0.2) is 6.40 Å². The van der Waals surface area contributed by atoms with Crippen molar-refractivity contribution in [3.8, 4) is 17.5 Å². The van der Waals surface area contributed by atoms with Crippen LogP contribution in [0.5, 0.6) is 17.5 Å². The van der Waals surface area contributed by atoms with Crippen LogP contribution in [0.25, 0.3) is 0 Å². The van der Waals surface area contributed by atoms with Crippen LogP contribution in [0.2, 0.25) is 0 Å². The number of ether oxygens (including phenoxy) is 2. The first-order valence-electron chi connectivity index (χ1n) is 7.37. The number of nitrogens with zero attached hydrogens (tertiary/aromatic N) is 4. The normalized spacial score (nSPS) is 11.0. The maximum absolute atomic E-state index is 5.51. The molecule has 0 bridgehead atoms. The number of hydrogen-bond acceptors (Lipinski definition) is 7. The molecule has 0 radical (unpaired) electrons. The Morgan fingerprint density at radius 2 is 1.60 bits per heavy atom. The Morgan fingerprint density at radius 1 is 0.840 bits per heavy atom. The number of rotatable bonds is 7. The molecule has 124 valence electrons. The Labute approximate surface area is 149 Å². The van der Waals surface area contributed by atoms with E-state index < -0.39 is 0 Å². The molecule has 0 aliphatic rings. The lowest BCUT2D eigenvalue weighted by Crippen LogP contribution is -1.89. The minimum atomic E-state index is 0.307. The molecular weight excluding hydrogens is 336 g/mol. The molecule has 0 fully saturated rings. The van der Waals surface area contributed by atoms with Crippen LogP contribution in [-0.2, 0) is 0 Å². The van der Waals surface area contributed by atoms with Crippen molar-refractivity contribution in [1.82, 2.24) is 9.97 Å². The van der Waals surface area contributed by atoms with E-state index in [1.54, 1.807) is 36.1 Å². The lowest BCUT2D eigenvalue weighted by Gasteiger charge is -2.02. The second-order valence-corrected chi connectivity index (χ2v) is 5.24. The van der Waals surface area contributed by atoms with Gasteiger partial charge in [-0.25, -0.2) is 15.0 Å². The van der Waals surface area contributed by atoms with E-state index in [-0.39, 0.29) is 0 Å². The highest BCUT2D eigenvalue weighted by Crippen LogP contribution is 2.21. The summed E-state index contributed by atoms with van der Waals surface area (Å²) < 4.78 is 14.9. The number of benzene rings is 2. The molecule has 0 unspecified atom stereocenters. The zero-order valence-corrected chi connectivity index (χ0v) is 13.9. The van der Waals surface area contributed by atoms with E-state index in [1.165, 1.54) is 18.3 Å². The van der Waals surface area contributed by atoms with Crippen LogP contribution in [0.15, 0.2) is 82.4 Å². The summed E-state index contributed by atoms with van der Waals surface area (Å²) >= 11 is 1.18. The van der Waals surface area contributed by atoms with Crippen LogP contribution < -0.4 is 9.47 Å². The topological polar surface area (TPSA) is 69.0 Å². The van der Waals surface area contributed by atoms with Gasteiger partial charge in [-0.15, -0.1) is 0 Å². The van der Waals surface area contributed by atoms with E-state index in [0.717, 1.165) is 11.4 Å². The van der Waals surface area contributed by atoms with E-state index in [0.29, 0.717) is 11.8 Å². The molecule has 0 saturated heterocycles. The molecule has 25 heavy (non-hydrogen) atoms. The van der Waals surface area contributed by atoms with E-state index >= 15 is 0 Å². The summed E-state index contributed by atoms with van der Waals surface area (Å²) in [5.41, 5.74) is 2.41. The van der Waals surface area contributed by atoms with Crippen LogP contribution in [0, 0.1) is 0 Å². The molecule has 3 rings (SSSR count). The van der Waals surface area contributed by atoms with Crippen LogP contribution in [0.3, 0.4) is 0 Å². The first-order valence-corrected chi connectivity index (χ1v) is 8.21. The van der Waals surface area contributed by atoms with Gasteiger partial charge in [-0.05, 0) is 42.5 Å². The van der Waals surface area contributed by atoms with Gasteiger partial charge in [-0.1, -0.05) is 18.2 Å². The Kier molecular flexibility index (Phi) is 6.12. The number of hydrogen-bond donors (Lipinski definition) is 0. The number of para-hydroxylation sites is 1. The van der Waals surface area contributed by atoms with Gasteiger partial charge in [0.05, 0.1) is 11.2 Å². The Morgan fingerprint density at radius 3 is 2.36 bits per heavy atom. The maximum Gasteiger partial charge on any atom is 0.321 e. The van der Waals surface area contributed by atoms with Crippen molar-refractivity contribution in [3.05, 3.63) is 73.1 Å². The molecule has 0 spiro atoms. The molecule has 0 atom stereocenters. The molecule has 6 nitrogen and oxygen atoms in total. The fraction of sp³-hybridized carbons (Fsp3) is 0. The Hall–Kier alpha value is -3.19. The molecular formula is C18H14N4O2S. The zero-order chi connectivity index (χ0) is 17.2. The highest BCUT2D eigenvalue weighted by Gasteiger charge is 1.98. The summed E-state index contributed by atoms with van der Waals surface area (Å²) in [4.78, 5) is 12.3. The van der Waals surface area contributed by atoms with Crippen molar-refractivity contribution in [3.63, 3.8) is 0 Å². The van der Waals surface area contributed by atoms with E-state index in [2.05, 4.69) is 19.4 Å². The predicted molar refractivity (Wildman–Crippen MR) is 99.9 cm³/mol. The SMILES string of the molecule is C(=Nc1ccc(Oc2ncccn2)cc1)S/N=C/Oc1ccccc1. The third-order valence-electron chi connectivity index (χ3n) is 2.87. The third-order valence-corrected chi connectivity index (χ3v) is 3.28. The van der Waals surface area contributed by atoms with Gasteiger partial charge >= 0.3 is 6.01 Å². The summed E-state index contributed by atoms with van der Waals surface area (Å²) in [7, 11) is 0. The average molecular weight is 350 g/mol. The second kappa shape index (κ2) is 9.19. The van der Waals surface area contributed by atoms with Gasteiger partial charge in [0.2, 0.25) is 0 Å². The summed E-state index contributed by atoms with van der Waals surface area (Å²) in [5.74, 6) is 1.38. The lowest BCUT2D eigenvalue weighted by atomic mass is 10.3. The molecule has 0 N–H and O–H groups in total. The predicted octanol–water partition coefficient (Wildman–Crippen LogP) is 4.68. The fourth-order valence-corrected chi connectivity index (χ4v) is 2.08. The van der Waals surface area contributed by atoms with Gasteiger partial charge in [0.25, 0.3) is 0 Å². The van der Waals surface area contributed by atoms with Crippen LogP contribution in [0.4, 0.5) is 5.69 Å². The van der Waals surface area contributed by atoms with Crippen LogP contribution in [-0.4, -0.2) is 21.9 Å².